The van der Waals surface area contributed by atoms with E-state index in [-0.39, 0.29) is 5.91 Å². The van der Waals surface area contributed by atoms with Gasteiger partial charge in [0.25, 0.3) is 5.91 Å². The van der Waals surface area contributed by atoms with Crippen molar-refractivity contribution < 1.29 is 4.79 Å². The molecule has 2 rings (SSSR count). The maximum atomic E-state index is 11.9. The summed E-state index contributed by atoms with van der Waals surface area (Å²) >= 11 is 0. The van der Waals surface area contributed by atoms with Crippen molar-refractivity contribution in [2.45, 2.75) is 45.4 Å². The van der Waals surface area contributed by atoms with E-state index in [4.69, 9.17) is 0 Å². The van der Waals surface area contributed by atoms with Crippen LogP contribution in [0.1, 0.15) is 60.5 Å². The lowest BCUT2D eigenvalue weighted by Gasteiger charge is -2.25. The topological polar surface area (TPSA) is 29.1 Å². The monoisotopic (exact) mass is 231 g/mol. The second-order valence-electron chi connectivity index (χ2n) is 4.84. The largest absolute Gasteiger partial charge is 0.351 e. The molecule has 2 heteroatoms. The summed E-state index contributed by atoms with van der Waals surface area (Å²) < 4.78 is 0. The normalized spacial score (nSPS) is 18.7. The fourth-order valence-corrected chi connectivity index (χ4v) is 2.48. The summed E-state index contributed by atoms with van der Waals surface area (Å²) in [5.41, 5.74) is 3.42. The van der Waals surface area contributed by atoms with Gasteiger partial charge in [-0.05, 0) is 36.5 Å². The van der Waals surface area contributed by atoms with Crippen LogP contribution in [0.3, 0.4) is 0 Å². The van der Waals surface area contributed by atoms with Crippen LogP contribution in [0.2, 0.25) is 0 Å². The van der Waals surface area contributed by atoms with Gasteiger partial charge in [0.1, 0.15) is 0 Å². The summed E-state index contributed by atoms with van der Waals surface area (Å²) in [7, 11) is 0. The highest BCUT2D eigenvalue weighted by atomic mass is 16.1. The Labute approximate surface area is 103 Å². The van der Waals surface area contributed by atoms with Crippen molar-refractivity contribution in [1.82, 2.24) is 5.32 Å². The number of carbonyl (C=O) groups excluding carboxylic acids is 1. The quantitative estimate of drug-likeness (QED) is 0.846. The minimum absolute atomic E-state index is 0.100. The molecule has 2 nitrogen and oxygen atoms in total. The number of hydrogen-bond donors (Lipinski definition) is 1. The molecule has 1 aliphatic heterocycles. The Morgan fingerprint density at radius 3 is 2.88 bits per heavy atom. The van der Waals surface area contributed by atoms with Gasteiger partial charge in [-0.2, -0.15) is 0 Å². The summed E-state index contributed by atoms with van der Waals surface area (Å²) in [6.45, 7) is 5.16. The van der Waals surface area contributed by atoms with E-state index in [1.807, 2.05) is 0 Å². The van der Waals surface area contributed by atoms with E-state index in [9.17, 15) is 4.79 Å². The van der Waals surface area contributed by atoms with Crippen LogP contribution in [0.5, 0.6) is 0 Å². The lowest BCUT2D eigenvalue weighted by Crippen LogP contribution is -2.34. The van der Waals surface area contributed by atoms with Gasteiger partial charge in [0.2, 0.25) is 0 Å². The highest BCUT2D eigenvalue weighted by molar-refractivity contribution is 5.97. The molecule has 1 atom stereocenters. The molecule has 0 bridgehead atoms. The molecule has 0 radical (unpaired) electrons. The van der Waals surface area contributed by atoms with Gasteiger partial charge in [0.05, 0.1) is 0 Å². The number of rotatable bonds is 4. The second kappa shape index (κ2) is 5.35. The van der Waals surface area contributed by atoms with Crippen LogP contribution in [0.4, 0.5) is 0 Å². The highest BCUT2D eigenvalue weighted by Gasteiger charge is 2.23. The minimum atomic E-state index is 0.100. The standard InChI is InChI=1S/C15H21NO/c1-3-5-6-11-7-8-13-12(4-2)10-16-15(17)14(13)9-11/h7-9,12H,3-6,10H2,1-2H3,(H,16,17). The van der Waals surface area contributed by atoms with E-state index in [1.165, 1.54) is 24.0 Å². The van der Waals surface area contributed by atoms with Crippen molar-refractivity contribution in [1.29, 1.82) is 0 Å². The summed E-state index contributed by atoms with van der Waals surface area (Å²) in [4.78, 5) is 11.9. The molecule has 1 aliphatic rings. The summed E-state index contributed by atoms with van der Waals surface area (Å²) in [6.07, 6.45) is 4.55. The molecule has 0 aliphatic carbocycles. The van der Waals surface area contributed by atoms with Gasteiger partial charge in [-0.15, -0.1) is 0 Å². The Hall–Kier alpha value is -1.31. The third-order valence-corrected chi connectivity index (χ3v) is 3.62. The maximum absolute atomic E-state index is 11.9. The lowest BCUT2D eigenvalue weighted by molar-refractivity contribution is 0.0939. The van der Waals surface area contributed by atoms with Crippen LogP contribution in [0.15, 0.2) is 18.2 Å². The first-order chi connectivity index (χ1) is 8.26. The van der Waals surface area contributed by atoms with Gasteiger partial charge in [0.15, 0.2) is 0 Å². The molecule has 0 fully saturated rings. The van der Waals surface area contributed by atoms with Crippen LogP contribution in [-0.2, 0) is 6.42 Å². The number of carbonyl (C=O) groups is 1. The van der Waals surface area contributed by atoms with Crippen molar-refractivity contribution in [3.8, 4) is 0 Å². The van der Waals surface area contributed by atoms with E-state index in [0.717, 1.165) is 24.9 Å². The maximum Gasteiger partial charge on any atom is 0.251 e. The number of aryl methyl sites for hydroxylation is 1. The van der Waals surface area contributed by atoms with Gasteiger partial charge in [-0.1, -0.05) is 32.4 Å². The summed E-state index contributed by atoms with van der Waals surface area (Å²) in [5.74, 6) is 0.589. The van der Waals surface area contributed by atoms with Crippen LogP contribution in [-0.4, -0.2) is 12.5 Å². The number of unbranched alkanes of at least 4 members (excludes halogenated alkanes) is 1. The molecule has 1 aromatic rings. The Bertz CT molecular complexity index is 411. The molecule has 1 unspecified atom stereocenters. The summed E-state index contributed by atoms with van der Waals surface area (Å²) in [6, 6.07) is 6.44. The average molecular weight is 231 g/mol. The summed E-state index contributed by atoms with van der Waals surface area (Å²) in [5, 5.41) is 2.98. The number of amides is 1. The first-order valence-corrected chi connectivity index (χ1v) is 6.67. The molecule has 0 spiro atoms. The van der Waals surface area contributed by atoms with E-state index in [0.29, 0.717) is 5.92 Å². The van der Waals surface area contributed by atoms with Crippen molar-refractivity contribution >= 4 is 5.91 Å². The van der Waals surface area contributed by atoms with Crippen molar-refractivity contribution in [3.63, 3.8) is 0 Å². The molecule has 17 heavy (non-hydrogen) atoms. The molecule has 1 aromatic carbocycles. The number of fused-ring (bicyclic) bond motifs is 1. The van der Waals surface area contributed by atoms with Crippen molar-refractivity contribution in [2.75, 3.05) is 6.54 Å². The Balaban J connectivity index is 2.29. The van der Waals surface area contributed by atoms with Gasteiger partial charge in [-0.3, -0.25) is 4.79 Å². The predicted octanol–water partition coefficient (Wildman–Crippen LogP) is 3.27. The third-order valence-electron chi connectivity index (χ3n) is 3.62. The first-order valence-electron chi connectivity index (χ1n) is 6.67. The number of benzene rings is 1. The van der Waals surface area contributed by atoms with Gasteiger partial charge >= 0.3 is 0 Å². The van der Waals surface area contributed by atoms with Crippen molar-refractivity contribution in [3.05, 3.63) is 34.9 Å². The predicted molar refractivity (Wildman–Crippen MR) is 70.4 cm³/mol. The van der Waals surface area contributed by atoms with Crippen molar-refractivity contribution in [2.24, 2.45) is 0 Å². The number of hydrogen-bond acceptors (Lipinski definition) is 1. The molecule has 1 N–H and O–H groups in total. The molecular formula is C15H21NO. The second-order valence-corrected chi connectivity index (χ2v) is 4.84. The zero-order valence-corrected chi connectivity index (χ0v) is 10.8. The highest BCUT2D eigenvalue weighted by Crippen LogP contribution is 2.27. The van der Waals surface area contributed by atoms with Crippen LogP contribution >= 0.6 is 0 Å². The van der Waals surface area contributed by atoms with Gasteiger partial charge < -0.3 is 5.32 Å². The molecule has 92 valence electrons. The first kappa shape index (κ1) is 12.2. The Morgan fingerprint density at radius 2 is 2.18 bits per heavy atom. The van der Waals surface area contributed by atoms with Gasteiger partial charge in [0, 0.05) is 18.0 Å². The fourth-order valence-electron chi connectivity index (χ4n) is 2.48. The lowest BCUT2D eigenvalue weighted by atomic mass is 9.87. The molecule has 0 saturated heterocycles. The van der Waals surface area contributed by atoms with E-state index < -0.39 is 0 Å². The van der Waals surface area contributed by atoms with E-state index >= 15 is 0 Å². The van der Waals surface area contributed by atoms with E-state index in [2.05, 4.69) is 37.4 Å². The van der Waals surface area contributed by atoms with Gasteiger partial charge in [-0.25, -0.2) is 0 Å². The molecular weight excluding hydrogens is 210 g/mol. The molecule has 1 heterocycles. The zero-order valence-electron chi connectivity index (χ0n) is 10.8. The molecule has 0 saturated carbocycles. The smallest absolute Gasteiger partial charge is 0.251 e. The Kier molecular flexibility index (Phi) is 3.82. The van der Waals surface area contributed by atoms with Crippen LogP contribution < -0.4 is 5.32 Å². The third kappa shape index (κ3) is 2.51. The SMILES string of the molecule is CCCCc1ccc2c(c1)C(=O)NCC2CC. The fraction of sp³-hybridized carbons (Fsp3) is 0.533. The molecule has 0 aromatic heterocycles. The molecule has 1 amide bonds. The minimum Gasteiger partial charge on any atom is -0.351 e. The zero-order chi connectivity index (χ0) is 12.3. The van der Waals surface area contributed by atoms with Crippen LogP contribution in [0.25, 0.3) is 0 Å². The average Bonchev–Trinajstić information content (AvgIpc) is 2.37. The Morgan fingerprint density at radius 1 is 1.35 bits per heavy atom. The number of nitrogens with one attached hydrogen (secondary N) is 1. The van der Waals surface area contributed by atoms with E-state index in [1.54, 1.807) is 0 Å². The van der Waals surface area contributed by atoms with Crippen LogP contribution in [0, 0.1) is 0 Å².